The second kappa shape index (κ2) is 14.1. The van der Waals surface area contributed by atoms with Gasteiger partial charge in [0.15, 0.2) is 5.78 Å². The summed E-state index contributed by atoms with van der Waals surface area (Å²) >= 11 is 5.61. The molecule has 32 heavy (non-hydrogen) atoms. The van der Waals surface area contributed by atoms with Crippen molar-refractivity contribution in [3.8, 4) is 0 Å². The van der Waals surface area contributed by atoms with Crippen LogP contribution in [-0.4, -0.2) is 58.3 Å². The van der Waals surface area contributed by atoms with Crippen LogP contribution in [0.3, 0.4) is 0 Å². The predicted molar refractivity (Wildman–Crippen MR) is 126 cm³/mol. The minimum absolute atomic E-state index is 0.123. The van der Waals surface area contributed by atoms with E-state index in [1.54, 1.807) is 13.8 Å². The van der Waals surface area contributed by atoms with Crippen LogP contribution in [0.5, 0.6) is 0 Å². The fourth-order valence-electron chi connectivity index (χ4n) is 3.86. The van der Waals surface area contributed by atoms with Crippen LogP contribution in [0.1, 0.15) is 84.5 Å². The maximum atomic E-state index is 14.6. The van der Waals surface area contributed by atoms with E-state index in [9.17, 15) is 26.8 Å². The molecule has 0 bridgehead atoms. The molecule has 0 aromatic rings. The summed E-state index contributed by atoms with van der Waals surface area (Å²) in [6.45, 7) is 3.05. The van der Waals surface area contributed by atoms with Crippen LogP contribution >= 0.6 is 21.9 Å². The molecule has 0 spiro atoms. The second-order valence-electron chi connectivity index (χ2n) is 8.05. The van der Waals surface area contributed by atoms with Crippen molar-refractivity contribution in [1.82, 2.24) is 0 Å². The smallest absolute Gasteiger partial charge is 0.460 e. The molecule has 0 aromatic carbocycles. The van der Waals surface area contributed by atoms with E-state index in [1.165, 1.54) is 0 Å². The van der Waals surface area contributed by atoms with E-state index in [4.69, 9.17) is 11.6 Å². The van der Waals surface area contributed by atoms with Gasteiger partial charge in [0, 0.05) is 23.8 Å². The van der Waals surface area contributed by atoms with Gasteiger partial charge in [0.1, 0.15) is 5.25 Å². The third kappa shape index (κ3) is 8.09. The summed E-state index contributed by atoms with van der Waals surface area (Å²) in [6.07, 6.45) is 8.14. The first-order chi connectivity index (χ1) is 15.1. The molecule has 0 amide bonds. The quantitative estimate of drug-likeness (QED) is 0.0839. The van der Waals surface area contributed by atoms with Gasteiger partial charge in [-0.05, 0) is 36.0 Å². The number of esters is 1. The van der Waals surface area contributed by atoms with Crippen LogP contribution in [-0.2, 0) is 24.4 Å². The molecule has 1 unspecified atom stereocenters. The second-order valence-corrected chi connectivity index (χ2v) is 14.0. The molecule has 190 valence electrons. The molecule has 1 rings (SSSR count). The maximum Gasteiger partial charge on any atom is 0.514 e. The Morgan fingerprint density at radius 2 is 1.62 bits per heavy atom. The Hall–Kier alpha value is -0.450. The molecule has 0 aromatic heterocycles. The highest BCUT2D eigenvalue weighted by Gasteiger charge is 2.63. The fourth-order valence-corrected chi connectivity index (χ4v) is 9.94. The summed E-state index contributed by atoms with van der Waals surface area (Å²) in [5, 5.41) is -5.42. The highest BCUT2D eigenvalue weighted by atomic mass is 35.5. The Balaban J connectivity index is 2.66. The van der Waals surface area contributed by atoms with E-state index in [-0.39, 0.29) is 23.9 Å². The van der Waals surface area contributed by atoms with Gasteiger partial charge >= 0.3 is 21.3 Å². The van der Waals surface area contributed by atoms with Crippen LogP contribution in [0.25, 0.3) is 0 Å². The van der Waals surface area contributed by atoms with E-state index in [1.807, 2.05) is 0 Å². The fraction of sp³-hybridized carbons (Fsp3) is 0.905. The first-order valence-corrected chi connectivity index (χ1v) is 15.4. The van der Waals surface area contributed by atoms with Gasteiger partial charge in [-0.15, -0.1) is 20.0 Å². The highest BCUT2D eigenvalue weighted by molar-refractivity contribution is 8.33. The molecular formula is C21H38ClF2O6S2+. The Kier molecular flexibility index (Phi) is 13.0. The molecule has 0 heterocycles. The summed E-state index contributed by atoms with van der Waals surface area (Å²) in [6, 6.07) is 0. The molecule has 0 radical (unpaired) electrons. The lowest BCUT2D eigenvalue weighted by Crippen LogP contribution is -2.45. The lowest BCUT2D eigenvalue weighted by molar-refractivity contribution is -0.161. The first kappa shape index (κ1) is 29.6. The number of carbonyl (C=O) groups excluding carboxylic acids is 2. The number of unbranched alkanes of at least 4 members (excludes halogenated alkanes) is 6. The SMILES string of the molecule is CCS(CC)([OH+]S(=O)(=O)C(F)(F)C(=O)OCCCCCCCCCCl)C1CCCCC1=O. The molecule has 1 aliphatic rings. The monoisotopic (exact) mass is 523 g/mol. The van der Waals surface area contributed by atoms with Crippen LogP contribution in [0.4, 0.5) is 8.78 Å². The summed E-state index contributed by atoms with van der Waals surface area (Å²) in [5.74, 6) is -1.21. The zero-order chi connectivity index (χ0) is 24.3. The van der Waals surface area contributed by atoms with Gasteiger partial charge in [0.2, 0.25) is 0 Å². The summed E-state index contributed by atoms with van der Waals surface area (Å²) in [7, 11) is -8.03. The van der Waals surface area contributed by atoms with Crippen LogP contribution < -0.4 is 0 Å². The molecule has 1 atom stereocenters. The predicted octanol–water partition coefficient (Wildman–Crippen LogP) is 5.79. The molecule has 1 fully saturated rings. The first-order valence-electron chi connectivity index (χ1n) is 11.5. The number of Topliss-reactive ketones (excluding diaryl/α,β-unsaturated/α-hetero) is 1. The Morgan fingerprint density at radius 1 is 1.06 bits per heavy atom. The molecule has 1 N–H and O–H groups in total. The van der Waals surface area contributed by atoms with Gasteiger partial charge in [0.25, 0.3) is 0 Å². The molecule has 0 aliphatic heterocycles. The largest absolute Gasteiger partial charge is 0.514 e. The number of rotatable bonds is 16. The van der Waals surface area contributed by atoms with E-state index in [0.29, 0.717) is 38.0 Å². The summed E-state index contributed by atoms with van der Waals surface area (Å²) in [5.41, 5.74) is 0. The van der Waals surface area contributed by atoms with E-state index < -0.39 is 36.9 Å². The van der Waals surface area contributed by atoms with Gasteiger partial charge in [-0.25, -0.2) is 4.79 Å². The lowest BCUT2D eigenvalue weighted by atomic mass is 9.99. The third-order valence-corrected chi connectivity index (χ3v) is 12.5. The van der Waals surface area contributed by atoms with Gasteiger partial charge in [-0.1, -0.05) is 52.4 Å². The molecular weight excluding hydrogens is 486 g/mol. The number of carbonyl (C=O) groups is 2. The van der Waals surface area contributed by atoms with Crippen molar-refractivity contribution in [3.05, 3.63) is 0 Å². The number of alkyl halides is 3. The Morgan fingerprint density at radius 3 is 2.16 bits per heavy atom. The summed E-state index contributed by atoms with van der Waals surface area (Å²) in [4.78, 5) is 24.4. The number of halogens is 3. The average Bonchev–Trinajstić information content (AvgIpc) is 2.76. The minimum Gasteiger partial charge on any atom is -0.460 e. The van der Waals surface area contributed by atoms with Crippen molar-refractivity contribution in [3.63, 3.8) is 0 Å². The van der Waals surface area contributed by atoms with Crippen molar-refractivity contribution in [2.75, 3.05) is 24.0 Å². The van der Waals surface area contributed by atoms with Crippen LogP contribution in [0.15, 0.2) is 0 Å². The van der Waals surface area contributed by atoms with Crippen molar-refractivity contribution < 1.29 is 35.2 Å². The van der Waals surface area contributed by atoms with Gasteiger partial charge in [-0.2, -0.15) is 8.78 Å². The standard InChI is InChI=1S/C21H37ClF2O6S2/c1-3-31(4-2,19-15-11-10-14-18(19)25)30-32(27,28)21(23,24)20(26)29-17-13-9-7-5-6-8-12-16-22/h19H,3-17H2,1-2H3/p+1. The molecule has 0 saturated heterocycles. The lowest BCUT2D eigenvalue weighted by Gasteiger charge is -2.40. The van der Waals surface area contributed by atoms with Gasteiger partial charge < -0.3 is 4.74 Å². The average molecular weight is 524 g/mol. The zero-order valence-electron chi connectivity index (χ0n) is 19.1. The topological polar surface area (TPSA) is 90.3 Å². The van der Waals surface area contributed by atoms with Crippen molar-refractivity contribution >= 4 is 43.8 Å². The Labute approximate surface area is 197 Å². The van der Waals surface area contributed by atoms with Crippen LogP contribution in [0.2, 0.25) is 0 Å². The van der Waals surface area contributed by atoms with Gasteiger partial charge in [-0.3, -0.25) is 8.42 Å². The van der Waals surface area contributed by atoms with E-state index in [0.717, 1.165) is 38.5 Å². The van der Waals surface area contributed by atoms with Crippen molar-refractivity contribution in [2.24, 2.45) is 0 Å². The zero-order valence-corrected chi connectivity index (χ0v) is 21.5. The van der Waals surface area contributed by atoms with E-state index >= 15 is 0 Å². The minimum atomic E-state index is -5.48. The number of ether oxygens (including phenoxy) is 1. The third-order valence-electron chi connectivity index (χ3n) is 5.85. The van der Waals surface area contributed by atoms with E-state index in [2.05, 4.69) is 8.37 Å². The molecule has 6 nitrogen and oxygen atoms in total. The van der Waals surface area contributed by atoms with Crippen molar-refractivity contribution in [1.29, 1.82) is 0 Å². The number of hydrogen-bond acceptors (Lipinski definition) is 5. The number of hydrogen-bond donors (Lipinski definition) is 0. The molecule has 1 aliphatic carbocycles. The molecule has 11 heteroatoms. The van der Waals surface area contributed by atoms with Crippen LogP contribution in [0, 0.1) is 0 Å². The Bertz CT molecular complexity index is 698. The normalized spacial score (nSPS) is 18.5. The number of ketones is 1. The molecule has 1 saturated carbocycles. The maximum absolute atomic E-state index is 14.6. The summed E-state index contributed by atoms with van der Waals surface area (Å²) < 4.78 is 62.4. The van der Waals surface area contributed by atoms with Crippen molar-refractivity contribution in [2.45, 2.75) is 95.0 Å². The van der Waals surface area contributed by atoms with Gasteiger partial charge in [0.05, 0.1) is 6.61 Å². The highest BCUT2D eigenvalue weighted by Crippen LogP contribution is 2.56.